The average Bonchev–Trinajstić information content (AvgIpc) is 2.38. The van der Waals surface area contributed by atoms with Crippen molar-refractivity contribution >= 4 is 11.5 Å². The summed E-state index contributed by atoms with van der Waals surface area (Å²) in [5.74, 6) is 0.794. The fourth-order valence-electron chi connectivity index (χ4n) is 2.38. The summed E-state index contributed by atoms with van der Waals surface area (Å²) in [5.41, 5.74) is 5.86. The Bertz CT molecular complexity index is 461. The minimum absolute atomic E-state index is 0.0252. The van der Waals surface area contributed by atoms with Crippen LogP contribution in [0.2, 0.25) is 0 Å². The van der Waals surface area contributed by atoms with Crippen LogP contribution in [0.3, 0.4) is 0 Å². The van der Waals surface area contributed by atoms with E-state index in [0.717, 1.165) is 38.5 Å². The molecule has 0 bridgehead atoms. The molecular formula is C13H21N5O2. The Morgan fingerprint density at radius 2 is 2.00 bits per heavy atom. The van der Waals surface area contributed by atoms with E-state index < -0.39 is 4.92 Å². The molecule has 1 aromatic heterocycles. The van der Waals surface area contributed by atoms with Crippen LogP contribution in [-0.2, 0) is 0 Å². The topological polar surface area (TPSA) is 88.5 Å². The Balaban J connectivity index is 1.92. The van der Waals surface area contributed by atoms with Crippen LogP contribution >= 0.6 is 0 Å². The molecule has 1 fully saturated rings. The van der Waals surface area contributed by atoms with E-state index >= 15 is 0 Å². The van der Waals surface area contributed by atoms with E-state index in [1.807, 2.05) is 13.8 Å². The SMILES string of the molecule is CC(C)(N)CN1CCN(c2ccc([N+](=O)[O-])cn2)CC1. The van der Waals surface area contributed by atoms with E-state index in [-0.39, 0.29) is 11.2 Å². The lowest BCUT2D eigenvalue weighted by Crippen LogP contribution is -2.53. The van der Waals surface area contributed by atoms with E-state index in [2.05, 4.69) is 14.8 Å². The Kier molecular flexibility index (Phi) is 4.20. The molecule has 0 saturated carbocycles. The van der Waals surface area contributed by atoms with Crippen LogP contribution in [0.4, 0.5) is 11.5 Å². The van der Waals surface area contributed by atoms with Crippen molar-refractivity contribution in [1.82, 2.24) is 9.88 Å². The third-order valence-electron chi connectivity index (χ3n) is 3.27. The van der Waals surface area contributed by atoms with E-state index in [1.54, 1.807) is 6.07 Å². The van der Waals surface area contributed by atoms with Gasteiger partial charge >= 0.3 is 0 Å². The van der Waals surface area contributed by atoms with Gasteiger partial charge in [0.2, 0.25) is 0 Å². The second kappa shape index (κ2) is 5.72. The van der Waals surface area contributed by atoms with Crippen molar-refractivity contribution in [2.24, 2.45) is 5.73 Å². The third-order valence-corrected chi connectivity index (χ3v) is 3.27. The van der Waals surface area contributed by atoms with Gasteiger partial charge < -0.3 is 10.6 Å². The number of aromatic nitrogens is 1. The number of nitrogens with zero attached hydrogens (tertiary/aromatic N) is 4. The molecule has 1 saturated heterocycles. The number of piperazine rings is 1. The molecule has 0 aliphatic carbocycles. The molecule has 110 valence electrons. The van der Waals surface area contributed by atoms with Crippen molar-refractivity contribution in [2.75, 3.05) is 37.6 Å². The summed E-state index contributed by atoms with van der Waals surface area (Å²) in [5, 5.41) is 10.6. The van der Waals surface area contributed by atoms with Crippen molar-refractivity contribution in [3.8, 4) is 0 Å². The van der Waals surface area contributed by atoms with Crippen LogP contribution in [0.15, 0.2) is 18.3 Å². The maximum Gasteiger partial charge on any atom is 0.287 e. The molecule has 0 unspecified atom stereocenters. The number of hydrogen-bond donors (Lipinski definition) is 1. The van der Waals surface area contributed by atoms with Gasteiger partial charge in [0, 0.05) is 44.3 Å². The summed E-state index contributed by atoms with van der Waals surface area (Å²) < 4.78 is 0. The van der Waals surface area contributed by atoms with Gasteiger partial charge in [-0.2, -0.15) is 0 Å². The zero-order valence-corrected chi connectivity index (χ0v) is 12.0. The van der Waals surface area contributed by atoms with Crippen molar-refractivity contribution < 1.29 is 4.92 Å². The Hall–Kier alpha value is -1.73. The van der Waals surface area contributed by atoms with Gasteiger partial charge in [-0.15, -0.1) is 0 Å². The first-order valence-electron chi connectivity index (χ1n) is 6.72. The van der Waals surface area contributed by atoms with Crippen molar-refractivity contribution in [3.05, 3.63) is 28.4 Å². The van der Waals surface area contributed by atoms with Crippen LogP contribution < -0.4 is 10.6 Å². The molecule has 1 aliphatic heterocycles. The summed E-state index contributed by atoms with van der Waals surface area (Å²) in [4.78, 5) is 18.8. The van der Waals surface area contributed by atoms with Gasteiger partial charge in [0.1, 0.15) is 12.0 Å². The molecule has 7 heteroatoms. The summed E-state index contributed by atoms with van der Waals surface area (Å²) in [6, 6.07) is 3.21. The standard InChI is InChI=1S/C13H21N5O2/c1-13(2,14)10-16-5-7-17(8-6-16)12-4-3-11(9-15-12)18(19)20/h3-4,9H,5-8,10,14H2,1-2H3. The molecule has 0 atom stereocenters. The molecule has 1 aromatic rings. The third kappa shape index (κ3) is 3.88. The van der Waals surface area contributed by atoms with Crippen LogP contribution in [0.25, 0.3) is 0 Å². The highest BCUT2D eigenvalue weighted by Gasteiger charge is 2.22. The van der Waals surface area contributed by atoms with Gasteiger partial charge in [-0.3, -0.25) is 15.0 Å². The summed E-state index contributed by atoms with van der Waals surface area (Å²) in [7, 11) is 0. The second-order valence-electron chi connectivity index (χ2n) is 5.88. The molecule has 2 N–H and O–H groups in total. The van der Waals surface area contributed by atoms with E-state index in [4.69, 9.17) is 5.73 Å². The highest BCUT2D eigenvalue weighted by molar-refractivity contribution is 5.43. The molecule has 7 nitrogen and oxygen atoms in total. The first-order chi connectivity index (χ1) is 9.35. The van der Waals surface area contributed by atoms with Crippen LogP contribution in [0, 0.1) is 10.1 Å². The van der Waals surface area contributed by atoms with Crippen molar-refractivity contribution in [1.29, 1.82) is 0 Å². The Morgan fingerprint density at radius 1 is 1.35 bits per heavy atom. The number of nitrogens with two attached hydrogens (primary N) is 1. The number of anilines is 1. The van der Waals surface area contributed by atoms with Crippen LogP contribution in [-0.4, -0.2) is 53.1 Å². The molecule has 2 rings (SSSR count). The largest absolute Gasteiger partial charge is 0.354 e. The molecule has 2 heterocycles. The maximum absolute atomic E-state index is 10.6. The first-order valence-corrected chi connectivity index (χ1v) is 6.72. The highest BCUT2D eigenvalue weighted by atomic mass is 16.6. The summed E-state index contributed by atoms with van der Waals surface area (Å²) in [6.45, 7) is 8.50. The zero-order valence-electron chi connectivity index (χ0n) is 12.0. The number of hydrogen-bond acceptors (Lipinski definition) is 6. The normalized spacial score (nSPS) is 17.2. The fourth-order valence-corrected chi connectivity index (χ4v) is 2.38. The quantitative estimate of drug-likeness (QED) is 0.649. The minimum Gasteiger partial charge on any atom is -0.354 e. The van der Waals surface area contributed by atoms with Gasteiger partial charge in [-0.05, 0) is 19.9 Å². The number of nitro groups is 1. The maximum atomic E-state index is 10.6. The van der Waals surface area contributed by atoms with E-state index in [9.17, 15) is 10.1 Å². The average molecular weight is 279 g/mol. The molecule has 0 aromatic carbocycles. The summed E-state index contributed by atoms with van der Waals surface area (Å²) >= 11 is 0. The molecule has 0 spiro atoms. The van der Waals surface area contributed by atoms with Crippen LogP contribution in [0.1, 0.15) is 13.8 Å². The van der Waals surface area contributed by atoms with E-state index in [1.165, 1.54) is 12.3 Å². The predicted molar refractivity (Wildman–Crippen MR) is 77.8 cm³/mol. The zero-order chi connectivity index (χ0) is 14.8. The lowest BCUT2D eigenvalue weighted by atomic mass is 10.1. The monoisotopic (exact) mass is 279 g/mol. The molecule has 0 radical (unpaired) electrons. The predicted octanol–water partition coefficient (Wildman–Crippen LogP) is 0.849. The highest BCUT2D eigenvalue weighted by Crippen LogP contribution is 2.17. The number of pyridine rings is 1. The molecule has 1 aliphatic rings. The van der Waals surface area contributed by atoms with Gasteiger partial charge in [-0.25, -0.2) is 4.98 Å². The molecular weight excluding hydrogens is 258 g/mol. The van der Waals surface area contributed by atoms with Crippen molar-refractivity contribution in [3.63, 3.8) is 0 Å². The lowest BCUT2D eigenvalue weighted by Gasteiger charge is -2.38. The molecule has 20 heavy (non-hydrogen) atoms. The minimum atomic E-state index is -0.432. The Morgan fingerprint density at radius 3 is 2.45 bits per heavy atom. The Labute approximate surface area is 118 Å². The van der Waals surface area contributed by atoms with Gasteiger partial charge in [-0.1, -0.05) is 0 Å². The lowest BCUT2D eigenvalue weighted by molar-refractivity contribution is -0.385. The molecule has 0 amide bonds. The van der Waals surface area contributed by atoms with Gasteiger partial charge in [0.15, 0.2) is 0 Å². The van der Waals surface area contributed by atoms with Crippen molar-refractivity contribution in [2.45, 2.75) is 19.4 Å². The van der Waals surface area contributed by atoms with E-state index in [0.29, 0.717) is 0 Å². The summed E-state index contributed by atoms with van der Waals surface area (Å²) in [6.07, 6.45) is 1.31. The van der Waals surface area contributed by atoms with Gasteiger partial charge in [0.25, 0.3) is 5.69 Å². The smallest absolute Gasteiger partial charge is 0.287 e. The number of rotatable bonds is 4. The second-order valence-corrected chi connectivity index (χ2v) is 5.88. The fraction of sp³-hybridized carbons (Fsp3) is 0.615. The van der Waals surface area contributed by atoms with Gasteiger partial charge in [0.05, 0.1) is 4.92 Å². The van der Waals surface area contributed by atoms with Crippen LogP contribution in [0.5, 0.6) is 0 Å². The first kappa shape index (κ1) is 14.7.